The van der Waals surface area contributed by atoms with Gasteiger partial charge in [0.15, 0.2) is 11.5 Å². The number of methoxy groups -OCH3 is 1. The Labute approximate surface area is 119 Å². The van der Waals surface area contributed by atoms with Crippen molar-refractivity contribution in [3.8, 4) is 17.2 Å². The molecule has 0 bridgehead atoms. The van der Waals surface area contributed by atoms with E-state index < -0.39 is 0 Å². The van der Waals surface area contributed by atoms with Gasteiger partial charge >= 0.3 is 0 Å². The molecule has 1 N–H and O–H groups in total. The average molecular weight is 278 g/mol. The first-order valence-electron chi connectivity index (χ1n) is 7.16. The number of nitrogens with zero attached hydrogens (tertiary/aromatic N) is 1. The van der Waals surface area contributed by atoms with E-state index >= 15 is 0 Å². The minimum Gasteiger partial charge on any atom is -0.496 e. The summed E-state index contributed by atoms with van der Waals surface area (Å²) in [5, 5.41) is 3.37. The standard InChI is InChI=1S/C15H22N2O3/c1-16-12-4-3-5-17(9-12)8-11-6-14-15(20-10-19-14)7-13(11)18-2/h6-7,12,16H,3-5,8-10H2,1-2H3. The zero-order valence-electron chi connectivity index (χ0n) is 12.1. The Bertz CT molecular complexity index is 478. The van der Waals surface area contributed by atoms with E-state index in [9.17, 15) is 0 Å². The minimum absolute atomic E-state index is 0.299. The molecule has 2 aliphatic heterocycles. The van der Waals surface area contributed by atoms with Gasteiger partial charge in [-0.25, -0.2) is 0 Å². The summed E-state index contributed by atoms with van der Waals surface area (Å²) >= 11 is 0. The molecule has 0 saturated carbocycles. The molecule has 1 fully saturated rings. The van der Waals surface area contributed by atoms with Crippen LogP contribution in [0, 0.1) is 0 Å². The number of rotatable bonds is 4. The summed E-state index contributed by atoms with van der Waals surface area (Å²) in [5.74, 6) is 2.47. The zero-order chi connectivity index (χ0) is 13.9. The van der Waals surface area contributed by atoms with E-state index in [-0.39, 0.29) is 0 Å². The van der Waals surface area contributed by atoms with Crippen LogP contribution in [0.4, 0.5) is 0 Å². The molecule has 110 valence electrons. The summed E-state index contributed by atoms with van der Waals surface area (Å²) in [6.07, 6.45) is 2.49. The topological polar surface area (TPSA) is 43.0 Å². The maximum Gasteiger partial charge on any atom is 0.231 e. The Morgan fingerprint density at radius 2 is 2.15 bits per heavy atom. The van der Waals surface area contributed by atoms with E-state index in [1.807, 2.05) is 19.2 Å². The second kappa shape index (κ2) is 5.89. The van der Waals surface area contributed by atoms with Crippen molar-refractivity contribution in [3.63, 3.8) is 0 Å². The van der Waals surface area contributed by atoms with Crippen LogP contribution in [0.2, 0.25) is 0 Å². The smallest absolute Gasteiger partial charge is 0.231 e. The third-order valence-electron chi connectivity index (χ3n) is 4.08. The lowest BCUT2D eigenvalue weighted by molar-refractivity contribution is 0.173. The fourth-order valence-electron chi connectivity index (χ4n) is 2.95. The maximum absolute atomic E-state index is 5.49. The number of likely N-dealkylation sites (N-methyl/N-ethyl adjacent to an activating group) is 1. The summed E-state index contributed by atoms with van der Waals surface area (Å²) < 4.78 is 16.3. The first-order valence-corrected chi connectivity index (χ1v) is 7.16. The summed E-state index contributed by atoms with van der Waals surface area (Å²) in [6, 6.07) is 4.56. The van der Waals surface area contributed by atoms with Crippen molar-refractivity contribution in [2.75, 3.05) is 34.0 Å². The Morgan fingerprint density at radius 3 is 2.90 bits per heavy atom. The molecule has 1 aromatic rings. The first kappa shape index (κ1) is 13.5. The fourth-order valence-corrected chi connectivity index (χ4v) is 2.95. The van der Waals surface area contributed by atoms with E-state index in [1.165, 1.54) is 12.8 Å². The molecular formula is C15H22N2O3. The van der Waals surface area contributed by atoms with Crippen LogP contribution in [0.1, 0.15) is 18.4 Å². The third kappa shape index (κ3) is 2.69. The fraction of sp³-hybridized carbons (Fsp3) is 0.600. The molecule has 0 amide bonds. The van der Waals surface area contributed by atoms with E-state index in [1.54, 1.807) is 7.11 Å². The number of fused-ring (bicyclic) bond motifs is 1. The van der Waals surface area contributed by atoms with Crippen LogP contribution in [0.15, 0.2) is 12.1 Å². The highest BCUT2D eigenvalue weighted by molar-refractivity contribution is 5.51. The van der Waals surface area contributed by atoms with E-state index in [0.717, 1.165) is 42.4 Å². The zero-order valence-corrected chi connectivity index (χ0v) is 12.1. The predicted octanol–water partition coefficient (Wildman–Crippen LogP) is 1.61. The second-order valence-electron chi connectivity index (χ2n) is 5.38. The Morgan fingerprint density at radius 1 is 1.35 bits per heavy atom. The van der Waals surface area contributed by atoms with Crippen molar-refractivity contribution in [2.45, 2.75) is 25.4 Å². The van der Waals surface area contributed by atoms with Gasteiger partial charge in [0.2, 0.25) is 6.79 Å². The second-order valence-corrected chi connectivity index (χ2v) is 5.38. The lowest BCUT2D eigenvalue weighted by atomic mass is 10.0. The molecule has 5 heteroatoms. The van der Waals surface area contributed by atoms with Gasteiger partial charge in [0.25, 0.3) is 0 Å². The predicted molar refractivity (Wildman–Crippen MR) is 76.5 cm³/mol. The molecule has 3 rings (SSSR count). The molecule has 0 radical (unpaired) electrons. The van der Waals surface area contributed by atoms with Crippen molar-refractivity contribution < 1.29 is 14.2 Å². The molecule has 0 aromatic heterocycles. The molecule has 2 aliphatic rings. The van der Waals surface area contributed by atoms with E-state index in [0.29, 0.717) is 12.8 Å². The molecule has 20 heavy (non-hydrogen) atoms. The van der Waals surface area contributed by atoms with Gasteiger partial charge in [-0.1, -0.05) is 0 Å². The van der Waals surface area contributed by atoms with Gasteiger partial charge < -0.3 is 19.5 Å². The summed E-state index contributed by atoms with van der Waals surface area (Å²) in [4.78, 5) is 2.46. The third-order valence-corrected chi connectivity index (χ3v) is 4.08. The lowest BCUT2D eigenvalue weighted by Crippen LogP contribution is -2.43. The molecule has 1 unspecified atom stereocenters. The molecule has 1 aromatic carbocycles. The van der Waals surface area contributed by atoms with Gasteiger partial charge in [-0.05, 0) is 32.5 Å². The highest BCUT2D eigenvalue weighted by Crippen LogP contribution is 2.38. The molecule has 2 heterocycles. The summed E-state index contributed by atoms with van der Waals surface area (Å²) in [7, 11) is 3.74. The van der Waals surface area contributed by atoms with Crippen LogP contribution < -0.4 is 19.5 Å². The van der Waals surface area contributed by atoms with Crippen LogP contribution in [0.25, 0.3) is 0 Å². The van der Waals surface area contributed by atoms with Gasteiger partial charge in [-0.2, -0.15) is 0 Å². The van der Waals surface area contributed by atoms with Gasteiger partial charge in [-0.15, -0.1) is 0 Å². The molecule has 0 spiro atoms. The van der Waals surface area contributed by atoms with Crippen molar-refractivity contribution in [1.82, 2.24) is 10.2 Å². The van der Waals surface area contributed by atoms with Gasteiger partial charge in [-0.3, -0.25) is 4.90 Å². The van der Waals surface area contributed by atoms with Gasteiger partial charge in [0.1, 0.15) is 5.75 Å². The number of hydrogen-bond acceptors (Lipinski definition) is 5. The normalized spacial score (nSPS) is 22.0. The van der Waals surface area contributed by atoms with Crippen molar-refractivity contribution in [3.05, 3.63) is 17.7 Å². The highest BCUT2D eigenvalue weighted by Gasteiger charge is 2.22. The Kier molecular flexibility index (Phi) is 3.98. The van der Waals surface area contributed by atoms with Crippen LogP contribution in [-0.4, -0.2) is 45.0 Å². The van der Waals surface area contributed by atoms with Gasteiger partial charge in [0, 0.05) is 30.8 Å². The SMILES string of the molecule is CNC1CCCN(Cc2cc3c(cc2OC)OCO3)C1. The summed E-state index contributed by atoms with van der Waals surface area (Å²) in [5.41, 5.74) is 1.16. The van der Waals surface area contributed by atoms with Crippen molar-refractivity contribution in [1.29, 1.82) is 0 Å². The monoisotopic (exact) mass is 278 g/mol. The van der Waals surface area contributed by atoms with E-state index in [4.69, 9.17) is 14.2 Å². The highest BCUT2D eigenvalue weighted by atomic mass is 16.7. The van der Waals surface area contributed by atoms with E-state index in [2.05, 4.69) is 10.2 Å². The van der Waals surface area contributed by atoms with Crippen molar-refractivity contribution in [2.24, 2.45) is 0 Å². The molecular weight excluding hydrogens is 256 g/mol. The van der Waals surface area contributed by atoms with Crippen LogP contribution in [0.3, 0.4) is 0 Å². The average Bonchev–Trinajstić information content (AvgIpc) is 2.93. The maximum atomic E-state index is 5.49. The molecule has 0 aliphatic carbocycles. The largest absolute Gasteiger partial charge is 0.496 e. The van der Waals surface area contributed by atoms with Crippen molar-refractivity contribution >= 4 is 0 Å². The van der Waals surface area contributed by atoms with Crippen LogP contribution in [-0.2, 0) is 6.54 Å². The number of likely N-dealkylation sites (tertiary alicyclic amines) is 1. The van der Waals surface area contributed by atoms with Gasteiger partial charge in [0.05, 0.1) is 7.11 Å². The number of ether oxygens (including phenoxy) is 3. The van der Waals surface area contributed by atoms with Crippen LogP contribution >= 0.6 is 0 Å². The quantitative estimate of drug-likeness (QED) is 0.906. The number of benzene rings is 1. The molecule has 5 nitrogen and oxygen atoms in total. The summed E-state index contributed by atoms with van der Waals surface area (Å²) in [6.45, 7) is 3.40. The Balaban J connectivity index is 1.76. The number of hydrogen-bond donors (Lipinski definition) is 1. The number of piperidine rings is 1. The Hall–Kier alpha value is -1.46. The molecule has 1 atom stereocenters. The first-order chi connectivity index (χ1) is 9.80. The molecule has 1 saturated heterocycles. The minimum atomic E-state index is 0.299. The lowest BCUT2D eigenvalue weighted by Gasteiger charge is -2.32. The number of nitrogens with one attached hydrogen (secondary N) is 1. The van der Waals surface area contributed by atoms with Crippen LogP contribution in [0.5, 0.6) is 17.2 Å².